The molecule has 8 heteroatoms. The lowest BCUT2D eigenvalue weighted by molar-refractivity contribution is 0.0950. The summed E-state index contributed by atoms with van der Waals surface area (Å²) in [5.41, 5.74) is 3.32. The largest absolute Gasteiger partial charge is 0.370 e. The lowest BCUT2D eigenvalue weighted by Crippen LogP contribution is -2.38. The molecule has 0 bridgehead atoms. The van der Waals surface area contributed by atoms with Crippen molar-refractivity contribution in [1.82, 2.24) is 14.5 Å². The monoisotopic (exact) mass is 498 g/mol. The van der Waals surface area contributed by atoms with Crippen molar-refractivity contribution in [2.45, 2.75) is 56.5 Å². The number of benzene rings is 2. The fraction of sp³-hybridized carbons (Fsp3) is 0.519. The summed E-state index contributed by atoms with van der Waals surface area (Å²) in [5.74, 6) is -0.259. The highest BCUT2D eigenvalue weighted by Gasteiger charge is 2.31. The number of nitrogens with zero attached hydrogens (tertiary/aromatic N) is 3. The van der Waals surface area contributed by atoms with E-state index in [9.17, 15) is 13.2 Å². The van der Waals surface area contributed by atoms with E-state index in [1.165, 1.54) is 6.42 Å². The molecular formula is C27H38N4O3S. The summed E-state index contributed by atoms with van der Waals surface area (Å²) in [5, 5.41) is 3.01. The highest BCUT2D eigenvalue weighted by molar-refractivity contribution is 7.89. The molecule has 7 nitrogen and oxygen atoms in total. The maximum Gasteiger partial charge on any atom is 0.251 e. The van der Waals surface area contributed by atoms with Crippen LogP contribution < -0.4 is 10.2 Å². The van der Waals surface area contributed by atoms with Gasteiger partial charge in [-0.05, 0) is 75.5 Å². The summed E-state index contributed by atoms with van der Waals surface area (Å²) in [6.07, 6.45) is 6.09. The van der Waals surface area contributed by atoms with Crippen LogP contribution in [0.2, 0.25) is 0 Å². The number of piperidine rings is 2. The Kier molecular flexibility index (Phi) is 8.46. The van der Waals surface area contributed by atoms with Gasteiger partial charge in [0.15, 0.2) is 0 Å². The number of rotatable bonds is 8. The average Bonchev–Trinajstić information content (AvgIpc) is 2.88. The fourth-order valence-electron chi connectivity index (χ4n) is 5.00. The first-order chi connectivity index (χ1) is 16.9. The van der Waals surface area contributed by atoms with Gasteiger partial charge in [0.2, 0.25) is 10.0 Å². The molecule has 1 amide bonds. The Morgan fingerprint density at radius 2 is 1.51 bits per heavy atom. The molecule has 35 heavy (non-hydrogen) atoms. The van der Waals surface area contributed by atoms with Crippen LogP contribution in [-0.4, -0.2) is 63.8 Å². The molecule has 0 aliphatic carbocycles. The molecule has 0 atom stereocenters. The standard InChI is InChI=1S/C27H38N4O3S/c1-29(2)21-24-12-6-5-11-23(24)20-28-27(32)22-13-14-25(30-15-7-3-8-16-30)26(19-22)35(33,34)31-17-9-4-10-18-31/h5-6,11-14,19H,3-4,7-10,15-18,20-21H2,1-2H3,(H,28,32). The van der Waals surface area contributed by atoms with Crippen molar-refractivity contribution in [2.75, 3.05) is 45.2 Å². The molecule has 2 aliphatic rings. The predicted molar refractivity (Wildman–Crippen MR) is 140 cm³/mol. The van der Waals surface area contributed by atoms with Gasteiger partial charge in [0.25, 0.3) is 5.91 Å². The van der Waals surface area contributed by atoms with Crippen LogP contribution >= 0.6 is 0 Å². The topological polar surface area (TPSA) is 73.0 Å². The number of carbonyl (C=O) groups excluding carboxylic acids is 1. The summed E-state index contributed by atoms with van der Waals surface area (Å²) in [7, 11) is 0.356. The van der Waals surface area contributed by atoms with Crippen molar-refractivity contribution in [1.29, 1.82) is 0 Å². The van der Waals surface area contributed by atoms with E-state index in [1.54, 1.807) is 16.4 Å². The average molecular weight is 499 g/mol. The van der Waals surface area contributed by atoms with Gasteiger partial charge in [-0.2, -0.15) is 4.31 Å². The second-order valence-corrected chi connectivity index (χ2v) is 11.8. The first-order valence-corrected chi connectivity index (χ1v) is 14.2. The van der Waals surface area contributed by atoms with Crippen LogP contribution in [0, 0.1) is 0 Å². The van der Waals surface area contributed by atoms with Crippen LogP contribution in [0.1, 0.15) is 60.0 Å². The van der Waals surface area contributed by atoms with Gasteiger partial charge < -0.3 is 15.1 Å². The van der Waals surface area contributed by atoms with Gasteiger partial charge in [-0.3, -0.25) is 4.79 Å². The van der Waals surface area contributed by atoms with Crippen LogP contribution in [0.5, 0.6) is 0 Å². The number of sulfonamides is 1. The van der Waals surface area contributed by atoms with E-state index >= 15 is 0 Å². The molecule has 0 radical (unpaired) electrons. The zero-order valence-electron chi connectivity index (χ0n) is 21.0. The smallest absolute Gasteiger partial charge is 0.251 e. The predicted octanol–water partition coefficient (Wildman–Crippen LogP) is 3.84. The Morgan fingerprint density at radius 1 is 0.886 bits per heavy atom. The molecule has 2 aromatic carbocycles. The van der Waals surface area contributed by atoms with Crippen molar-refractivity contribution < 1.29 is 13.2 Å². The van der Waals surface area contributed by atoms with Crippen LogP contribution in [0.15, 0.2) is 47.4 Å². The minimum absolute atomic E-state index is 0.259. The van der Waals surface area contributed by atoms with Crippen molar-refractivity contribution in [2.24, 2.45) is 0 Å². The molecule has 2 fully saturated rings. The highest BCUT2D eigenvalue weighted by atomic mass is 32.2. The summed E-state index contributed by atoms with van der Waals surface area (Å²) >= 11 is 0. The van der Waals surface area contributed by atoms with Crippen molar-refractivity contribution in [3.63, 3.8) is 0 Å². The second kappa shape index (κ2) is 11.5. The normalized spacial score (nSPS) is 17.5. The van der Waals surface area contributed by atoms with Gasteiger partial charge in [-0.25, -0.2) is 8.42 Å². The molecule has 1 N–H and O–H groups in total. The number of amides is 1. The molecular weight excluding hydrogens is 460 g/mol. The Balaban J connectivity index is 1.60. The van der Waals surface area contributed by atoms with Crippen molar-refractivity contribution >= 4 is 21.6 Å². The van der Waals surface area contributed by atoms with Gasteiger partial charge in [0, 0.05) is 44.8 Å². The van der Waals surface area contributed by atoms with E-state index < -0.39 is 10.0 Å². The maximum absolute atomic E-state index is 13.7. The fourth-order valence-corrected chi connectivity index (χ4v) is 6.76. The van der Waals surface area contributed by atoms with E-state index in [-0.39, 0.29) is 10.8 Å². The molecule has 0 saturated carbocycles. The summed E-state index contributed by atoms with van der Waals surface area (Å²) in [6.45, 7) is 3.95. The van der Waals surface area contributed by atoms with E-state index in [2.05, 4.69) is 21.2 Å². The molecule has 0 unspecified atom stereocenters. The third kappa shape index (κ3) is 6.23. The van der Waals surface area contributed by atoms with E-state index in [0.717, 1.165) is 68.6 Å². The van der Waals surface area contributed by atoms with Crippen LogP contribution in [0.3, 0.4) is 0 Å². The summed E-state index contributed by atoms with van der Waals surface area (Å²) < 4.78 is 29.0. The number of hydrogen-bond acceptors (Lipinski definition) is 5. The van der Waals surface area contributed by atoms with Gasteiger partial charge in [0.1, 0.15) is 4.90 Å². The minimum atomic E-state index is -3.68. The number of nitrogens with one attached hydrogen (secondary N) is 1. The zero-order chi connectivity index (χ0) is 24.8. The molecule has 2 saturated heterocycles. The third-order valence-electron chi connectivity index (χ3n) is 6.90. The van der Waals surface area contributed by atoms with Crippen LogP contribution in [0.25, 0.3) is 0 Å². The van der Waals surface area contributed by atoms with E-state index in [1.807, 2.05) is 38.4 Å². The summed E-state index contributed by atoms with van der Waals surface area (Å²) in [6, 6.07) is 13.2. The van der Waals surface area contributed by atoms with Crippen molar-refractivity contribution in [3.8, 4) is 0 Å². The number of hydrogen-bond donors (Lipinski definition) is 1. The quantitative estimate of drug-likeness (QED) is 0.599. The van der Waals surface area contributed by atoms with Gasteiger partial charge in [0.05, 0.1) is 5.69 Å². The van der Waals surface area contributed by atoms with Crippen LogP contribution in [-0.2, 0) is 23.1 Å². The molecule has 2 heterocycles. The van der Waals surface area contributed by atoms with E-state index in [4.69, 9.17) is 0 Å². The molecule has 4 rings (SSSR count). The van der Waals surface area contributed by atoms with Gasteiger partial charge in [-0.1, -0.05) is 30.7 Å². The molecule has 190 valence electrons. The van der Waals surface area contributed by atoms with E-state index in [0.29, 0.717) is 25.2 Å². The van der Waals surface area contributed by atoms with Crippen molar-refractivity contribution in [3.05, 3.63) is 59.2 Å². The second-order valence-electron chi connectivity index (χ2n) is 9.88. The first kappa shape index (κ1) is 25.7. The SMILES string of the molecule is CN(C)Cc1ccccc1CNC(=O)c1ccc(N2CCCCC2)c(S(=O)(=O)N2CCCCC2)c1. The third-order valence-corrected chi connectivity index (χ3v) is 8.82. The highest BCUT2D eigenvalue weighted by Crippen LogP contribution is 2.32. The first-order valence-electron chi connectivity index (χ1n) is 12.7. The maximum atomic E-state index is 13.7. The number of carbonyl (C=O) groups is 1. The molecule has 2 aliphatic heterocycles. The summed E-state index contributed by atoms with van der Waals surface area (Å²) in [4.78, 5) is 17.7. The Morgan fingerprint density at radius 3 is 2.17 bits per heavy atom. The lowest BCUT2D eigenvalue weighted by atomic mass is 10.1. The molecule has 0 aromatic heterocycles. The minimum Gasteiger partial charge on any atom is -0.370 e. The van der Waals surface area contributed by atoms with Crippen LogP contribution in [0.4, 0.5) is 5.69 Å². The zero-order valence-corrected chi connectivity index (χ0v) is 21.8. The lowest BCUT2D eigenvalue weighted by Gasteiger charge is -2.33. The Bertz CT molecular complexity index is 1120. The number of anilines is 1. The van der Waals surface area contributed by atoms with Gasteiger partial charge >= 0.3 is 0 Å². The molecule has 2 aromatic rings. The Hall–Kier alpha value is -2.42. The Labute approximate surface area is 210 Å². The van der Waals surface area contributed by atoms with Gasteiger partial charge in [-0.15, -0.1) is 0 Å². The molecule has 0 spiro atoms.